The highest BCUT2D eigenvalue weighted by atomic mass is 32.2. The molecule has 2 aromatic carbocycles. The van der Waals surface area contributed by atoms with Crippen LogP contribution in [0.25, 0.3) is 0 Å². The first kappa shape index (κ1) is 14.9. The first-order chi connectivity index (χ1) is 9.74. The van der Waals surface area contributed by atoms with Crippen LogP contribution in [0.15, 0.2) is 58.3 Å². The summed E-state index contributed by atoms with van der Waals surface area (Å²) in [4.78, 5) is 2.48. The van der Waals surface area contributed by atoms with Crippen molar-refractivity contribution in [2.24, 2.45) is 0 Å². The number of hydrogen-bond acceptors (Lipinski definition) is 3. The molecule has 20 heavy (non-hydrogen) atoms. The van der Waals surface area contributed by atoms with Crippen molar-refractivity contribution in [3.63, 3.8) is 0 Å². The molecule has 0 radical (unpaired) electrons. The van der Waals surface area contributed by atoms with E-state index in [1.165, 1.54) is 15.4 Å². The molecule has 0 saturated carbocycles. The van der Waals surface area contributed by atoms with Gasteiger partial charge in [0.25, 0.3) is 0 Å². The SMILES string of the molecule is CCNC(C)c1ccccc1Sc1cccc(OC)c1. The zero-order valence-corrected chi connectivity index (χ0v) is 13.0. The minimum atomic E-state index is 0.356. The van der Waals surface area contributed by atoms with Crippen LogP contribution in [-0.4, -0.2) is 13.7 Å². The van der Waals surface area contributed by atoms with E-state index in [0.717, 1.165) is 12.3 Å². The molecule has 3 heteroatoms. The Labute approximate surface area is 125 Å². The van der Waals surface area contributed by atoms with Crippen LogP contribution in [0.3, 0.4) is 0 Å². The van der Waals surface area contributed by atoms with Gasteiger partial charge in [0, 0.05) is 15.8 Å². The Morgan fingerprint density at radius 2 is 1.95 bits per heavy atom. The maximum Gasteiger partial charge on any atom is 0.119 e. The largest absolute Gasteiger partial charge is 0.497 e. The summed E-state index contributed by atoms with van der Waals surface area (Å²) < 4.78 is 5.28. The molecular weight excluding hydrogens is 266 g/mol. The Hall–Kier alpha value is -1.45. The van der Waals surface area contributed by atoms with Gasteiger partial charge in [0.15, 0.2) is 0 Å². The lowest BCUT2D eigenvalue weighted by atomic mass is 10.1. The number of methoxy groups -OCH3 is 1. The van der Waals surface area contributed by atoms with Gasteiger partial charge in [-0.1, -0.05) is 43.0 Å². The molecule has 1 N–H and O–H groups in total. The van der Waals surface area contributed by atoms with E-state index in [-0.39, 0.29) is 0 Å². The summed E-state index contributed by atoms with van der Waals surface area (Å²) >= 11 is 1.78. The van der Waals surface area contributed by atoms with Crippen LogP contribution in [-0.2, 0) is 0 Å². The minimum absolute atomic E-state index is 0.356. The molecule has 0 bridgehead atoms. The summed E-state index contributed by atoms with van der Waals surface area (Å²) in [6.45, 7) is 5.31. The summed E-state index contributed by atoms with van der Waals surface area (Å²) in [5.41, 5.74) is 1.34. The number of hydrogen-bond donors (Lipinski definition) is 1. The Morgan fingerprint density at radius 3 is 2.70 bits per heavy atom. The van der Waals surface area contributed by atoms with Gasteiger partial charge in [0.05, 0.1) is 7.11 Å². The third-order valence-electron chi connectivity index (χ3n) is 3.16. The fourth-order valence-corrected chi connectivity index (χ4v) is 3.22. The highest BCUT2D eigenvalue weighted by Gasteiger charge is 2.10. The molecule has 0 amide bonds. The third kappa shape index (κ3) is 3.78. The second-order valence-corrected chi connectivity index (χ2v) is 5.71. The quantitative estimate of drug-likeness (QED) is 0.844. The summed E-state index contributed by atoms with van der Waals surface area (Å²) in [5, 5.41) is 3.47. The summed E-state index contributed by atoms with van der Waals surface area (Å²) in [6, 6.07) is 17.1. The average molecular weight is 287 g/mol. The molecule has 106 valence electrons. The van der Waals surface area contributed by atoms with Crippen molar-refractivity contribution < 1.29 is 4.74 Å². The second-order valence-electron chi connectivity index (χ2n) is 4.60. The lowest BCUT2D eigenvalue weighted by molar-refractivity contribution is 0.413. The van der Waals surface area contributed by atoms with Gasteiger partial charge in [-0.15, -0.1) is 0 Å². The molecule has 0 spiro atoms. The molecule has 0 aliphatic heterocycles. The van der Waals surface area contributed by atoms with Crippen molar-refractivity contribution in [3.8, 4) is 5.75 Å². The van der Waals surface area contributed by atoms with E-state index < -0.39 is 0 Å². The van der Waals surface area contributed by atoms with Gasteiger partial charge in [-0.2, -0.15) is 0 Å². The Morgan fingerprint density at radius 1 is 1.15 bits per heavy atom. The normalized spacial score (nSPS) is 12.2. The molecule has 1 unspecified atom stereocenters. The van der Waals surface area contributed by atoms with E-state index in [1.54, 1.807) is 18.9 Å². The molecular formula is C17H21NOS. The molecule has 0 heterocycles. The maximum absolute atomic E-state index is 5.28. The van der Waals surface area contributed by atoms with Crippen molar-refractivity contribution in [1.29, 1.82) is 0 Å². The Kier molecular flexibility index (Phi) is 5.50. The standard InChI is InChI=1S/C17H21NOS/c1-4-18-13(2)16-10-5-6-11-17(16)20-15-9-7-8-14(12-15)19-3/h5-13,18H,4H2,1-3H3. The molecule has 0 aromatic heterocycles. The van der Waals surface area contributed by atoms with Gasteiger partial charge in [-0.05, 0) is 43.3 Å². The van der Waals surface area contributed by atoms with Crippen molar-refractivity contribution >= 4 is 11.8 Å². The molecule has 0 saturated heterocycles. The fraction of sp³-hybridized carbons (Fsp3) is 0.294. The van der Waals surface area contributed by atoms with Crippen LogP contribution in [0, 0.1) is 0 Å². The van der Waals surface area contributed by atoms with Gasteiger partial charge in [0.1, 0.15) is 5.75 Å². The smallest absolute Gasteiger partial charge is 0.119 e. The van der Waals surface area contributed by atoms with E-state index >= 15 is 0 Å². The zero-order chi connectivity index (χ0) is 14.4. The topological polar surface area (TPSA) is 21.3 Å². The van der Waals surface area contributed by atoms with E-state index in [0.29, 0.717) is 6.04 Å². The maximum atomic E-state index is 5.28. The molecule has 1 atom stereocenters. The average Bonchev–Trinajstić information content (AvgIpc) is 2.48. The van der Waals surface area contributed by atoms with Gasteiger partial charge < -0.3 is 10.1 Å². The lowest BCUT2D eigenvalue weighted by Gasteiger charge is -2.17. The molecule has 2 rings (SSSR count). The van der Waals surface area contributed by atoms with Crippen LogP contribution in [0.4, 0.5) is 0 Å². The van der Waals surface area contributed by atoms with E-state index in [4.69, 9.17) is 4.74 Å². The first-order valence-electron chi connectivity index (χ1n) is 6.88. The molecule has 2 nitrogen and oxygen atoms in total. The van der Waals surface area contributed by atoms with Gasteiger partial charge in [0.2, 0.25) is 0 Å². The summed E-state index contributed by atoms with van der Waals surface area (Å²) in [6.07, 6.45) is 0. The number of benzene rings is 2. The number of rotatable bonds is 6. The van der Waals surface area contributed by atoms with Crippen molar-refractivity contribution in [1.82, 2.24) is 5.32 Å². The van der Waals surface area contributed by atoms with Crippen molar-refractivity contribution in [2.45, 2.75) is 29.7 Å². The third-order valence-corrected chi connectivity index (χ3v) is 4.25. The van der Waals surface area contributed by atoms with Gasteiger partial charge >= 0.3 is 0 Å². The molecule has 0 aliphatic carbocycles. The summed E-state index contributed by atoms with van der Waals surface area (Å²) in [7, 11) is 1.70. The molecule has 0 fully saturated rings. The minimum Gasteiger partial charge on any atom is -0.497 e. The lowest BCUT2D eigenvalue weighted by Crippen LogP contribution is -2.18. The monoisotopic (exact) mass is 287 g/mol. The van der Waals surface area contributed by atoms with E-state index in [1.807, 2.05) is 12.1 Å². The Bertz CT molecular complexity index is 556. The van der Waals surface area contributed by atoms with Gasteiger partial charge in [-0.25, -0.2) is 0 Å². The predicted octanol–water partition coefficient (Wildman–Crippen LogP) is 4.52. The van der Waals surface area contributed by atoms with Crippen LogP contribution < -0.4 is 10.1 Å². The van der Waals surface area contributed by atoms with Crippen LogP contribution >= 0.6 is 11.8 Å². The molecule has 2 aromatic rings. The number of nitrogens with one attached hydrogen (secondary N) is 1. The fourth-order valence-electron chi connectivity index (χ4n) is 2.14. The summed E-state index contributed by atoms with van der Waals surface area (Å²) in [5.74, 6) is 0.896. The Balaban J connectivity index is 2.24. The van der Waals surface area contributed by atoms with Crippen molar-refractivity contribution in [3.05, 3.63) is 54.1 Å². The van der Waals surface area contributed by atoms with Crippen molar-refractivity contribution in [2.75, 3.05) is 13.7 Å². The number of ether oxygens (including phenoxy) is 1. The zero-order valence-electron chi connectivity index (χ0n) is 12.2. The highest BCUT2D eigenvalue weighted by molar-refractivity contribution is 7.99. The first-order valence-corrected chi connectivity index (χ1v) is 7.70. The molecule has 0 aliphatic rings. The highest BCUT2D eigenvalue weighted by Crippen LogP contribution is 2.34. The second kappa shape index (κ2) is 7.36. The van der Waals surface area contributed by atoms with Crippen LogP contribution in [0.2, 0.25) is 0 Å². The van der Waals surface area contributed by atoms with Crippen LogP contribution in [0.1, 0.15) is 25.5 Å². The van der Waals surface area contributed by atoms with Crippen LogP contribution in [0.5, 0.6) is 5.75 Å². The van der Waals surface area contributed by atoms with E-state index in [9.17, 15) is 0 Å². The van der Waals surface area contributed by atoms with E-state index in [2.05, 4.69) is 55.6 Å². The predicted molar refractivity (Wildman–Crippen MR) is 85.7 cm³/mol. The van der Waals surface area contributed by atoms with Gasteiger partial charge in [-0.3, -0.25) is 0 Å².